The first-order valence-electron chi connectivity index (χ1n) is 8.46. The molecule has 0 saturated carbocycles. The lowest BCUT2D eigenvalue weighted by molar-refractivity contribution is 0.142. The van der Waals surface area contributed by atoms with Gasteiger partial charge in [-0.05, 0) is 26.3 Å². The van der Waals surface area contributed by atoms with Crippen molar-refractivity contribution >= 4 is 0 Å². The molecular formula is C17H38N2. The molecule has 0 aromatic heterocycles. The molecule has 2 heteroatoms. The third-order valence-electron chi connectivity index (χ3n) is 4.60. The fourth-order valence-corrected chi connectivity index (χ4v) is 2.63. The number of nitrogens with zero attached hydrogens (tertiary/aromatic N) is 1. The van der Waals surface area contributed by atoms with Crippen molar-refractivity contribution in [3.63, 3.8) is 0 Å². The first kappa shape index (κ1) is 18.9. The topological polar surface area (TPSA) is 29.3 Å². The highest BCUT2D eigenvalue weighted by molar-refractivity contribution is 4.76. The fraction of sp³-hybridized carbons (Fsp3) is 1.00. The summed E-state index contributed by atoms with van der Waals surface area (Å²) < 4.78 is 0. The lowest BCUT2D eigenvalue weighted by atomic mass is 10.00. The first-order chi connectivity index (χ1) is 9.04. The van der Waals surface area contributed by atoms with Gasteiger partial charge in [-0.3, -0.25) is 4.90 Å². The maximum atomic E-state index is 5.95. The number of rotatable bonds is 12. The normalized spacial score (nSPS) is 15.2. The molecule has 0 rings (SSSR count). The fourth-order valence-electron chi connectivity index (χ4n) is 2.63. The van der Waals surface area contributed by atoms with E-state index in [-0.39, 0.29) is 0 Å². The Morgan fingerprint density at radius 2 is 1.42 bits per heavy atom. The monoisotopic (exact) mass is 270 g/mol. The molecule has 0 aromatic rings. The average molecular weight is 271 g/mol. The van der Waals surface area contributed by atoms with Crippen LogP contribution in [0.3, 0.4) is 0 Å². The van der Waals surface area contributed by atoms with E-state index in [2.05, 4.69) is 39.6 Å². The van der Waals surface area contributed by atoms with Crippen molar-refractivity contribution in [1.29, 1.82) is 0 Å². The Balaban J connectivity index is 3.75. The zero-order valence-electron chi connectivity index (χ0n) is 14.1. The Hall–Kier alpha value is -0.0800. The van der Waals surface area contributed by atoms with E-state index in [1.807, 2.05) is 0 Å². The summed E-state index contributed by atoms with van der Waals surface area (Å²) in [5, 5.41) is 0. The van der Waals surface area contributed by atoms with E-state index in [4.69, 9.17) is 5.73 Å². The van der Waals surface area contributed by atoms with Crippen LogP contribution >= 0.6 is 0 Å². The molecule has 0 aliphatic carbocycles. The van der Waals surface area contributed by atoms with Crippen LogP contribution in [0.1, 0.15) is 79.1 Å². The minimum Gasteiger partial charge on any atom is -0.329 e. The van der Waals surface area contributed by atoms with E-state index in [0.29, 0.717) is 18.0 Å². The highest BCUT2D eigenvalue weighted by Crippen LogP contribution is 2.16. The first-order valence-corrected chi connectivity index (χ1v) is 8.46. The minimum atomic E-state index is 0.563. The van der Waals surface area contributed by atoms with Gasteiger partial charge in [-0.1, -0.05) is 65.7 Å². The van der Waals surface area contributed by atoms with Gasteiger partial charge in [0.2, 0.25) is 0 Å². The summed E-state index contributed by atoms with van der Waals surface area (Å²) in [6, 6.07) is 1.19. The Labute approximate surface area is 122 Å². The summed E-state index contributed by atoms with van der Waals surface area (Å²) in [6.45, 7) is 9.98. The van der Waals surface area contributed by atoms with Crippen LogP contribution in [0.4, 0.5) is 0 Å². The van der Waals surface area contributed by atoms with E-state index in [9.17, 15) is 0 Å². The minimum absolute atomic E-state index is 0.563. The van der Waals surface area contributed by atoms with Gasteiger partial charge >= 0.3 is 0 Å². The Bertz CT molecular complexity index is 192. The van der Waals surface area contributed by atoms with Crippen LogP contribution < -0.4 is 5.73 Å². The van der Waals surface area contributed by atoms with Gasteiger partial charge in [-0.2, -0.15) is 0 Å². The zero-order valence-corrected chi connectivity index (χ0v) is 14.1. The molecule has 0 radical (unpaired) electrons. The van der Waals surface area contributed by atoms with Gasteiger partial charge in [0.25, 0.3) is 0 Å². The largest absolute Gasteiger partial charge is 0.329 e. The van der Waals surface area contributed by atoms with Crippen molar-refractivity contribution in [2.45, 2.75) is 91.1 Å². The highest BCUT2D eigenvalue weighted by atomic mass is 15.2. The van der Waals surface area contributed by atoms with Crippen LogP contribution in [-0.2, 0) is 0 Å². The highest BCUT2D eigenvalue weighted by Gasteiger charge is 2.20. The predicted molar refractivity (Wildman–Crippen MR) is 87.5 cm³/mol. The Morgan fingerprint density at radius 1 is 0.895 bits per heavy atom. The molecule has 0 spiro atoms. The second-order valence-electron chi connectivity index (χ2n) is 6.45. The summed E-state index contributed by atoms with van der Waals surface area (Å²) in [7, 11) is 2.24. The molecule has 0 aliphatic heterocycles. The van der Waals surface area contributed by atoms with Crippen molar-refractivity contribution in [1.82, 2.24) is 4.90 Å². The summed E-state index contributed by atoms with van der Waals surface area (Å²) in [6.07, 6.45) is 11.0. The molecule has 116 valence electrons. The molecule has 0 fully saturated rings. The smallest absolute Gasteiger partial charge is 0.0218 e. The van der Waals surface area contributed by atoms with E-state index >= 15 is 0 Å². The molecule has 2 nitrogen and oxygen atoms in total. The number of unbranched alkanes of at least 4 members (excludes halogenated alkanes) is 6. The van der Waals surface area contributed by atoms with Gasteiger partial charge in [-0.25, -0.2) is 0 Å². The van der Waals surface area contributed by atoms with Crippen LogP contribution in [0.5, 0.6) is 0 Å². The molecule has 2 atom stereocenters. The lowest BCUT2D eigenvalue weighted by Gasteiger charge is -2.34. The molecular weight excluding hydrogens is 232 g/mol. The number of likely N-dealkylation sites (N-methyl/N-ethyl adjacent to an activating group) is 1. The molecule has 0 heterocycles. The van der Waals surface area contributed by atoms with E-state index in [1.54, 1.807) is 0 Å². The summed E-state index contributed by atoms with van der Waals surface area (Å²) in [5.41, 5.74) is 5.95. The van der Waals surface area contributed by atoms with Gasteiger partial charge in [0.1, 0.15) is 0 Å². The van der Waals surface area contributed by atoms with Crippen molar-refractivity contribution in [2.75, 3.05) is 13.6 Å². The Kier molecular flexibility index (Phi) is 11.7. The zero-order chi connectivity index (χ0) is 14.7. The second kappa shape index (κ2) is 11.7. The van der Waals surface area contributed by atoms with Crippen molar-refractivity contribution in [3.8, 4) is 0 Å². The van der Waals surface area contributed by atoms with E-state index in [0.717, 1.165) is 6.54 Å². The molecule has 0 aromatic carbocycles. The summed E-state index contributed by atoms with van der Waals surface area (Å²) in [5.74, 6) is 0.702. The number of hydrogen-bond donors (Lipinski definition) is 1. The van der Waals surface area contributed by atoms with Gasteiger partial charge in [0, 0.05) is 18.6 Å². The van der Waals surface area contributed by atoms with Crippen LogP contribution in [-0.4, -0.2) is 30.6 Å². The van der Waals surface area contributed by atoms with Crippen LogP contribution in [0.25, 0.3) is 0 Å². The van der Waals surface area contributed by atoms with E-state index in [1.165, 1.54) is 51.4 Å². The van der Waals surface area contributed by atoms with Gasteiger partial charge in [0.05, 0.1) is 0 Å². The standard InChI is InChI=1S/C17H38N2/c1-6-7-8-9-10-11-12-13-17(14-18)19(5)16(4)15(2)3/h15-17H,6-14,18H2,1-5H3. The molecule has 0 bridgehead atoms. The molecule has 2 N–H and O–H groups in total. The quantitative estimate of drug-likeness (QED) is 0.532. The maximum absolute atomic E-state index is 5.95. The third kappa shape index (κ3) is 8.65. The van der Waals surface area contributed by atoms with Gasteiger partial charge in [-0.15, -0.1) is 0 Å². The van der Waals surface area contributed by atoms with Gasteiger partial charge in [0.15, 0.2) is 0 Å². The SMILES string of the molecule is CCCCCCCCCC(CN)N(C)C(C)C(C)C. The predicted octanol–water partition coefficient (Wildman–Crippen LogP) is 4.43. The summed E-state index contributed by atoms with van der Waals surface area (Å²) in [4.78, 5) is 2.49. The van der Waals surface area contributed by atoms with Crippen LogP contribution in [0.2, 0.25) is 0 Å². The Morgan fingerprint density at radius 3 is 1.89 bits per heavy atom. The molecule has 0 amide bonds. The molecule has 0 saturated heterocycles. The van der Waals surface area contributed by atoms with Crippen LogP contribution in [0.15, 0.2) is 0 Å². The van der Waals surface area contributed by atoms with Crippen LogP contribution in [0, 0.1) is 5.92 Å². The molecule has 2 unspecified atom stereocenters. The van der Waals surface area contributed by atoms with Crippen molar-refractivity contribution < 1.29 is 0 Å². The maximum Gasteiger partial charge on any atom is 0.0218 e. The molecule has 0 aliphatic rings. The van der Waals surface area contributed by atoms with Gasteiger partial charge < -0.3 is 5.73 Å². The third-order valence-corrected chi connectivity index (χ3v) is 4.60. The summed E-state index contributed by atoms with van der Waals surface area (Å²) >= 11 is 0. The van der Waals surface area contributed by atoms with Crippen molar-refractivity contribution in [2.24, 2.45) is 11.7 Å². The molecule has 19 heavy (non-hydrogen) atoms. The van der Waals surface area contributed by atoms with Crippen molar-refractivity contribution in [3.05, 3.63) is 0 Å². The van der Waals surface area contributed by atoms with E-state index < -0.39 is 0 Å². The lowest BCUT2D eigenvalue weighted by Crippen LogP contribution is -2.45. The second-order valence-corrected chi connectivity index (χ2v) is 6.45. The number of hydrogen-bond acceptors (Lipinski definition) is 2. The average Bonchev–Trinajstić information content (AvgIpc) is 2.40. The number of nitrogens with two attached hydrogens (primary N) is 1.